The van der Waals surface area contributed by atoms with E-state index < -0.39 is 23.5 Å². The molecule has 0 radical (unpaired) electrons. The third-order valence-corrected chi connectivity index (χ3v) is 9.20. The molecule has 1 N–H and O–H groups in total. The number of benzene rings is 2. The fraction of sp³-hybridized carbons (Fsp3) is 0.355. The summed E-state index contributed by atoms with van der Waals surface area (Å²) in [6, 6.07) is 9.80. The van der Waals surface area contributed by atoms with Crippen molar-refractivity contribution in [3.05, 3.63) is 68.9 Å². The van der Waals surface area contributed by atoms with Gasteiger partial charge in [0.25, 0.3) is 5.91 Å². The second-order valence-electron chi connectivity index (χ2n) is 9.97. The minimum Gasteiger partial charge on any atom is -0.503 e. The lowest BCUT2D eigenvalue weighted by atomic mass is 9.95. The number of methoxy groups -OCH3 is 2. The largest absolute Gasteiger partial charge is 0.503 e. The lowest BCUT2D eigenvalue weighted by Crippen LogP contribution is -2.31. The van der Waals surface area contributed by atoms with E-state index in [9.17, 15) is 14.7 Å². The van der Waals surface area contributed by atoms with Gasteiger partial charge in [-0.15, -0.1) is 11.3 Å². The van der Waals surface area contributed by atoms with Crippen LogP contribution in [0.1, 0.15) is 64.6 Å². The predicted molar refractivity (Wildman–Crippen MR) is 165 cm³/mol. The zero-order valence-corrected chi connectivity index (χ0v) is 25.9. The monoisotopic (exact) mass is 607 g/mol. The number of amides is 1. The van der Waals surface area contributed by atoms with Gasteiger partial charge >= 0.3 is 0 Å². The molecule has 11 heteroatoms. The highest BCUT2D eigenvalue weighted by Gasteiger charge is 2.46. The van der Waals surface area contributed by atoms with E-state index >= 15 is 0 Å². The number of nitrogens with zero attached hydrogens (tertiary/aromatic N) is 3. The first kappa shape index (κ1) is 29.5. The first-order chi connectivity index (χ1) is 20.3. The van der Waals surface area contributed by atoms with Crippen molar-refractivity contribution in [2.75, 3.05) is 25.7 Å². The van der Waals surface area contributed by atoms with Crippen LogP contribution in [0.2, 0.25) is 0 Å². The number of hydrogen-bond acceptors (Lipinski definition) is 10. The molecule has 0 aliphatic carbocycles. The minimum absolute atomic E-state index is 0.0288. The summed E-state index contributed by atoms with van der Waals surface area (Å²) < 4.78 is 17.8. The zero-order valence-electron chi connectivity index (χ0n) is 24.2. The average molecular weight is 608 g/mol. The standard InChI is InChI=1S/C31H33N3O6S2/c1-6-7-8-9-14-40-22-13-10-19(15-23(22)39-5)26-25(27(35)29-17(2)32-18(3)41-29)28(36)30(37)34(26)31-33-21-12-11-20(38-4)16-24(21)42-31/h10-13,15-16,26,36H,6-9,14H2,1-5H3. The van der Waals surface area contributed by atoms with Crippen LogP contribution in [0.5, 0.6) is 17.2 Å². The van der Waals surface area contributed by atoms with Crippen molar-refractivity contribution in [3.63, 3.8) is 0 Å². The predicted octanol–water partition coefficient (Wildman–Crippen LogP) is 7.13. The number of rotatable bonds is 12. The van der Waals surface area contributed by atoms with Crippen LogP contribution < -0.4 is 19.1 Å². The molecule has 42 heavy (non-hydrogen) atoms. The van der Waals surface area contributed by atoms with Crippen LogP contribution in [-0.2, 0) is 4.79 Å². The van der Waals surface area contributed by atoms with Gasteiger partial charge in [-0.3, -0.25) is 14.5 Å². The second-order valence-corrected chi connectivity index (χ2v) is 12.2. The number of hydrogen-bond donors (Lipinski definition) is 1. The Bertz CT molecular complexity index is 1670. The highest BCUT2D eigenvalue weighted by Crippen LogP contribution is 2.46. The van der Waals surface area contributed by atoms with Gasteiger partial charge < -0.3 is 19.3 Å². The van der Waals surface area contributed by atoms with Crippen molar-refractivity contribution < 1.29 is 28.9 Å². The van der Waals surface area contributed by atoms with Gasteiger partial charge in [0, 0.05) is 0 Å². The topological polar surface area (TPSA) is 111 Å². The third kappa shape index (κ3) is 5.58. The number of anilines is 1. The molecule has 2 aromatic carbocycles. The van der Waals surface area contributed by atoms with Gasteiger partial charge in [0.1, 0.15) is 5.75 Å². The Kier molecular flexibility index (Phi) is 8.79. The number of ketones is 1. The number of aliphatic hydroxyl groups is 1. The molecule has 2 aromatic heterocycles. The number of unbranched alkanes of at least 4 members (excludes halogenated alkanes) is 3. The quantitative estimate of drug-likeness (QED) is 0.134. The summed E-state index contributed by atoms with van der Waals surface area (Å²) in [6.45, 7) is 6.27. The van der Waals surface area contributed by atoms with Crippen LogP contribution in [0.15, 0.2) is 47.7 Å². The zero-order chi connectivity index (χ0) is 30.0. The first-order valence-electron chi connectivity index (χ1n) is 13.8. The first-order valence-corrected chi connectivity index (χ1v) is 15.4. The van der Waals surface area contributed by atoms with Crippen molar-refractivity contribution in [3.8, 4) is 17.2 Å². The molecule has 9 nitrogen and oxygen atoms in total. The number of aryl methyl sites for hydroxylation is 2. The van der Waals surface area contributed by atoms with Crippen molar-refractivity contribution >= 4 is 49.7 Å². The number of fused-ring (bicyclic) bond motifs is 1. The third-order valence-electron chi connectivity index (χ3n) is 7.11. The number of thiazole rings is 2. The van der Waals surface area contributed by atoms with Crippen LogP contribution >= 0.6 is 22.7 Å². The van der Waals surface area contributed by atoms with E-state index in [0.29, 0.717) is 50.6 Å². The molecule has 1 aliphatic heterocycles. The van der Waals surface area contributed by atoms with Crippen molar-refractivity contribution in [2.24, 2.45) is 0 Å². The van der Waals surface area contributed by atoms with Crippen molar-refractivity contribution in [2.45, 2.75) is 52.5 Å². The smallest absolute Gasteiger partial charge is 0.296 e. The molecule has 4 aromatic rings. The Balaban J connectivity index is 1.59. The van der Waals surface area contributed by atoms with E-state index in [1.54, 1.807) is 45.4 Å². The summed E-state index contributed by atoms with van der Waals surface area (Å²) in [5, 5.41) is 12.3. The van der Waals surface area contributed by atoms with Gasteiger partial charge in [-0.2, -0.15) is 0 Å². The fourth-order valence-corrected chi connectivity index (χ4v) is 6.92. The Morgan fingerprint density at radius 1 is 1.00 bits per heavy atom. The van der Waals surface area contributed by atoms with Gasteiger partial charge in [0.2, 0.25) is 5.78 Å². The molecule has 3 heterocycles. The minimum atomic E-state index is -0.957. The molecule has 220 valence electrons. The highest BCUT2D eigenvalue weighted by molar-refractivity contribution is 7.22. The van der Waals surface area contributed by atoms with Crippen molar-refractivity contribution in [1.82, 2.24) is 9.97 Å². The lowest BCUT2D eigenvalue weighted by molar-refractivity contribution is -0.117. The van der Waals surface area contributed by atoms with Crippen LogP contribution in [-0.4, -0.2) is 47.6 Å². The summed E-state index contributed by atoms with van der Waals surface area (Å²) >= 11 is 2.51. The molecule has 0 bridgehead atoms. The Morgan fingerprint density at radius 2 is 1.81 bits per heavy atom. The molecule has 0 saturated heterocycles. The fourth-order valence-electron chi connectivity index (χ4n) is 5.02. The number of Topliss-reactive ketones (excluding diaryl/α,β-unsaturated/α-hetero) is 1. The van der Waals surface area contributed by atoms with Gasteiger partial charge in [-0.1, -0.05) is 43.6 Å². The average Bonchev–Trinajstić information content (AvgIpc) is 3.64. The molecule has 1 unspecified atom stereocenters. The second kappa shape index (κ2) is 12.5. The molecule has 1 aliphatic rings. The maximum absolute atomic E-state index is 14.0. The molecule has 1 atom stereocenters. The Hall–Kier alpha value is -3.96. The Morgan fingerprint density at radius 3 is 2.50 bits per heavy atom. The number of ether oxygens (including phenoxy) is 3. The SMILES string of the molecule is CCCCCCOc1ccc(C2C(C(=O)c3sc(C)nc3C)=C(O)C(=O)N2c2nc3ccc(OC)cc3s2)cc1OC. The molecule has 0 fully saturated rings. The summed E-state index contributed by atoms with van der Waals surface area (Å²) in [6.07, 6.45) is 4.29. The summed E-state index contributed by atoms with van der Waals surface area (Å²) in [5.74, 6) is -0.0755. The van der Waals surface area contributed by atoms with Gasteiger partial charge in [0.05, 0.1) is 58.2 Å². The number of carbonyl (C=O) groups excluding carboxylic acids is 2. The highest BCUT2D eigenvalue weighted by atomic mass is 32.1. The van der Waals surface area contributed by atoms with Gasteiger partial charge in [-0.05, 0) is 56.2 Å². The van der Waals surface area contributed by atoms with Crippen LogP contribution in [0.4, 0.5) is 5.13 Å². The van der Waals surface area contributed by atoms with E-state index in [0.717, 1.165) is 35.4 Å². The van der Waals surface area contributed by atoms with Gasteiger partial charge in [-0.25, -0.2) is 9.97 Å². The van der Waals surface area contributed by atoms with E-state index in [4.69, 9.17) is 19.2 Å². The number of carbonyl (C=O) groups is 2. The summed E-state index contributed by atoms with van der Waals surface area (Å²) in [5.41, 5.74) is 1.75. The van der Waals surface area contributed by atoms with E-state index in [2.05, 4.69) is 11.9 Å². The van der Waals surface area contributed by atoms with Crippen LogP contribution in [0.25, 0.3) is 10.2 Å². The van der Waals surface area contributed by atoms with Crippen LogP contribution in [0, 0.1) is 13.8 Å². The van der Waals surface area contributed by atoms with E-state index in [1.165, 1.54) is 27.6 Å². The van der Waals surface area contributed by atoms with E-state index in [1.807, 2.05) is 19.1 Å². The molecule has 0 saturated carbocycles. The molecule has 5 rings (SSSR count). The normalized spacial score (nSPS) is 15.1. The number of aromatic nitrogens is 2. The maximum Gasteiger partial charge on any atom is 0.296 e. The van der Waals surface area contributed by atoms with Gasteiger partial charge in [0.15, 0.2) is 22.4 Å². The van der Waals surface area contributed by atoms with E-state index in [-0.39, 0.29) is 5.57 Å². The summed E-state index contributed by atoms with van der Waals surface area (Å²) in [4.78, 5) is 38.5. The molecular formula is C31H33N3O6S2. The Labute approximate surface area is 252 Å². The lowest BCUT2D eigenvalue weighted by Gasteiger charge is -2.25. The summed E-state index contributed by atoms with van der Waals surface area (Å²) in [7, 11) is 3.13. The maximum atomic E-state index is 14.0. The van der Waals surface area contributed by atoms with Crippen molar-refractivity contribution in [1.29, 1.82) is 0 Å². The molecule has 0 spiro atoms. The van der Waals surface area contributed by atoms with Crippen LogP contribution in [0.3, 0.4) is 0 Å². The number of aliphatic hydroxyl groups excluding tert-OH is 1. The molecular weight excluding hydrogens is 574 g/mol. The molecule has 1 amide bonds.